The molecule has 0 radical (unpaired) electrons. The zero-order valence-corrected chi connectivity index (χ0v) is 11.8. The molecule has 0 amide bonds. The van der Waals surface area contributed by atoms with Crippen LogP contribution in [0.25, 0.3) is 0 Å². The largest absolute Gasteiger partial charge is 0.401 e. The number of nitrogens with two attached hydrogens (primary N) is 1. The highest BCUT2D eigenvalue weighted by atomic mass is 32.2. The highest BCUT2D eigenvalue weighted by Crippen LogP contribution is 2.16. The minimum absolute atomic E-state index is 0.0927. The molecule has 0 fully saturated rings. The van der Waals surface area contributed by atoms with Crippen molar-refractivity contribution in [1.82, 2.24) is 4.90 Å². The Labute approximate surface area is 116 Å². The Morgan fingerprint density at radius 2 is 1.75 bits per heavy atom. The molecule has 2 N–H and O–H groups in total. The molecule has 0 aliphatic carbocycles. The van der Waals surface area contributed by atoms with Crippen LogP contribution in [0.1, 0.15) is 5.56 Å². The SMILES string of the molecule is CN(CCS(=O)(=O)c1ccc(CN)cc1)CC(F)(F)F. The van der Waals surface area contributed by atoms with Gasteiger partial charge in [0, 0.05) is 13.1 Å². The summed E-state index contributed by atoms with van der Waals surface area (Å²) in [6, 6.07) is 6.02. The number of nitrogens with zero attached hydrogens (tertiary/aromatic N) is 1. The van der Waals surface area contributed by atoms with Crippen molar-refractivity contribution in [3.05, 3.63) is 29.8 Å². The molecule has 20 heavy (non-hydrogen) atoms. The second kappa shape index (κ2) is 6.55. The third-order valence-electron chi connectivity index (χ3n) is 2.71. The Morgan fingerprint density at radius 1 is 1.20 bits per heavy atom. The van der Waals surface area contributed by atoms with Crippen molar-refractivity contribution in [2.24, 2.45) is 5.73 Å². The van der Waals surface area contributed by atoms with E-state index in [1.54, 1.807) is 12.1 Å². The first-order chi connectivity index (χ1) is 9.14. The lowest BCUT2D eigenvalue weighted by Crippen LogP contribution is -2.34. The van der Waals surface area contributed by atoms with Gasteiger partial charge in [-0.2, -0.15) is 13.2 Å². The smallest absolute Gasteiger partial charge is 0.326 e. The summed E-state index contributed by atoms with van der Waals surface area (Å²) in [5.74, 6) is -0.360. The molecule has 114 valence electrons. The van der Waals surface area contributed by atoms with Crippen molar-refractivity contribution in [1.29, 1.82) is 0 Å². The topological polar surface area (TPSA) is 63.4 Å². The van der Waals surface area contributed by atoms with Gasteiger partial charge in [-0.1, -0.05) is 12.1 Å². The molecule has 0 spiro atoms. The number of hydrogen-bond acceptors (Lipinski definition) is 4. The van der Waals surface area contributed by atoms with Crippen molar-refractivity contribution in [3.63, 3.8) is 0 Å². The molecule has 0 heterocycles. The number of rotatable bonds is 6. The minimum atomic E-state index is -4.33. The second-order valence-electron chi connectivity index (χ2n) is 4.52. The molecular formula is C12H17F3N2O2S. The fourth-order valence-electron chi connectivity index (χ4n) is 1.61. The Hall–Kier alpha value is -1.12. The molecule has 0 bridgehead atoms. The van der Waals surface area contributed by atoms with Gasteiger partial charge in [0.2, 0.25) is 0 Å². The van der Waals surface area contributed by atoms with Gasteiger partial charge < -0.3 is 5.73 Å². The standard InChI is InChI=1S/C12H17F3N2O2S/c1-17(9-12(13,14)15)6-7-20(18,19)11-4-2-10(8-16)3-5-11/h2-5H,6-9,16H2,1H3. The van der Waals surface area contributed by atoms with E-state index in [1.807, 2.05) is 0 Å². The maximum absolute atomic E-state index is 12.1. The van der Waals surface area contributed by atoms with Crippen molar-refractivity contribution in [2.45, 2.75) is 17.6 Å². The number of hydrogen-bond donors (Lipinski definition) is 1. The third-order valence-corrected chi connectivity index (χ3v) is 4.42. The quantitative estimate of drug-likeness (QED) is 0.863. The first-order valence-corrected chi connectivity index (χ1v) is 7.56. The van der Waals surface area contributed by atoms with Crippen LogP contribution in [-0.2, 0) is 16.4 Å². The molecule has 0 atom stereocenters. The van der Waals surface area contributed by atoms with Gasteiger partial charge in [0.05, 0.1) is 17.2 Å². The normalized spacial score (nSPS) is 12.9. The Morgan fingerprint density at radius 3 is 2.20 bits per heavy atom. The van der Waals surface area contributed by atoms with Gasteiger partial charge in [-0.05, 0) is 24.7 Å². The molecule has 8 heteroatoms. The minimum Gasteiger partial charge on any atom is -0.326 e. The molecule has 0 aromatic heterocycles. The van der Waals surface area contributed by atoms with Crippen LogP contribution in [0.4, 0.5) is 13.2 Å². The average molecular weight is 310 g/mol. The molecular weight excluding hydrogens is 293 g/mol. The van der Waals surface area contributed by atoms with Crippen molar-refractivity contribution < 1.29 is 21.6 Å². The molecule has 1 aromatic rings. The van der Waals surface area contributed by atoms with E-state index < -0.39 is 22.6 Å². The third kappa shape index (κ3) is 5.48. The predicted molar refractivity (Wildman–Crippen MR) is 69.9 cm³/mol. The first-order valence-electron chi connectivity index (χ1n) is 5.91. The number of alkyl halides is 3. The summed E-state index contributed by atoms with van der Waals surface area (Å²) in [4.78, 5) is 1.03. The molecule has 0 aliphatic rings. The van der Waals surface area contributed by atoms with Crippen LogP contribution in [0.2, 0.25) is 0 Å². The van der Waals surface area contributed by atoms with Crippen LogP contribution in [0, 0.1) is 0 Å². The highest BCUT2D eigenvalue weighted by molar-refractivity contribution is 7.91. The van der Waals surface area contributed by atoms with Crippen LogP contribution in [-0.4, -0.2) is 45.4 Å². The summed E-state index contributed by atoms with van der Waals surface area (Å²) in [5, 5.41) is 0. The van der Waals surface area contributed by atoms with Crippen LogP contribution >= 0.6 is 0 Å². The van der Waals surface area contributed by atoms with Gasteiger partial charge in [0.1, 0.15) is 0 Å². The molecule has 0 aliphatic heterocycles. The predicted octanol–water partition coefficient (Wildman–Crippen LogP) is 1.41. The maximum Gasteiger partial charge on any atom is 0.401 e. The monoisotopic (exact) mass is 310 g/mol. The summed E-state index contributed by atoms with van der Waals surface area (Å²) in [7, 11) is -2.35. The van der Waals surface area contributed by atoms with E-state index >= 15 is 0 Å². The lowest BCUT2D eigenvalue weighted by Gasteiger charge is -2.18. The number of benzene rings is 1. The molecule has 1 aromatic carbocycles. The van der Waals surface area contributed by atoms with Gasteiger partial charge in [0.25, 0.3) is 0 Å². The van der Waals surface area contributed by atoms with Gasteiger partial charge >= 0.3 is 6.18 Å². The lowest BCUT2D eigenvalue weighted by molar-refractivity contribution is -0.142. The van der Waals surface area contributed by atoms with Crippen molar-refractivity contribution >= 4 is 9.84 Å². The van der Waals surface area contributed by atoms with Gasteiger partial charge in [-0.25, -0.2) is 8.42 Å². The Bertz CT molecular complexity index is 527. The average Bonchev–Trinajstić information content (AvgIpc) is 2.35. The summed E-state index contributed by atoms with van der Waals surface area (Å²) in [5.41, 5.74) is 6.19. The molecule has 0 saturated heterocycles. The van der Waals surface area contributed by atoms with E-state index in [2.05, 4.69) is 0 Å². The van der Waals surface area contributed by atoms with Crippen LogP contribution in [0.15, 0.2) is 29.2 Å². The van der Waals surface area contributed by atoms with Crippen LogP contribution < -0.4 is 5.73 Å². The second-order valence-corrected chi connectivity index (χ2v) is 6.63. The Kier molecular flexibility index (Phi) is 5.55. The van der Waals surface area contributed by atoms with E-state index in [9.17, 15) is 21.6 Å². The van der Waals surface area contributed by atoms with Crippen molar-refractivity contribution in [2.75, 3.05) is 25.9 Å². The summed E-state index contributed by atoms with van der Waals surface area (Å²) >= 11 is 0. The van der Waals surface area contributed by atoms with Gasteiger partial charge in [0.15, 0.2) is 9.84 Å². The first kappa shape index (κ1) is 16.9. The van der Waals surface area contributed by atoms with Gasteiger partial charge in [-0.15, -0.1) is 0 Å². The zero-order valence-electron chi connectivity index (χ0n) is 11.0. The van der Waals surface area contributed by atoms with E-state index in [1.165, 1.54) is 19.2 Å². The number of sulfone groups is 1. The highest BCUT2D eigenvalue weighted by Gasteiger charge is 2.29. The summed E-state index contributed by atoms with van der Waals surface area (Å²) < 4.78 is 60.3. The molecule has 0 unspecified atom stereocenters. The number of halogens is 3. The molecule has 4 nitrogen and oxygen atoms in total. The fourth-order valence-corrected chi connectivity index (χ4v) is 2.95. The zero-order chi connectivity index (χ0) is 15.4. The van der Waals surface area contributed by atoms with E-state index in [4.69, 9.17) is 5.73 Å². The van der Waals surface area contributed by atoms with Crippen molar-refractivity contribution in [3.8, 4) is 0 Å². The lowest BCUT2D eigenvalue weighted by atomic mass is 10.2. The summed E-state index contributed by atoms with van der Waals surface area (Å²) in [6.45, 7) is -1.01. The van der Waals surface area contributed by atoms with E-state index in [0.29, 0.717) is 6.54 Å². The maximum atomic E-state index is 12.1. The molecule has 0 saturated carbocycles. The fraction of sp³-hybridized carbons (Fsp3) is 0.500. The van der Waals surface area contributed by atoms with Gasteiger partial charge in [-0.3, -0.25) is 4.90 Å². The van der Waals surface area contributed by atoms with Crippen LogP contribution in [0.3, 0.4) is 0 Å². The summed E-state index contributed by atoms with van der Waals surface area (Å²) in [6.07, 6.45) is -4.33. The van der Waals surface area contributed by atoms with E-state index in [-0.39, 0.29) is 17.2 Å². The van der Waals surface area contributed by atoms with E-state index in [0.717, 1.165) is 10.5 Å². The van der Waals surface area contributed by atoms with Crippen LogP contribution in [0.5, 0.6) is 0 Å². The molecule has 1 rings (SSSR count). The Balaban J connectivity index is 2.65.